The summed E-state index contributed by atoms with van der Waals surface area (Å²) in [5, 5.41) is 15.4. The summed E-state index contributed by atoms with van der Waals surface area (Å²) in [6.45, 7) is 0.0237. The fourth-order valence-electron chi connectivity index (χ4n) is 3.16. The number of alkyl halides is 3. The van der Waals surface area contributed by atoms with E-state index in [1.807, 2.05) is 6.07 Å². The molecule has 3 rings (SSSR count). The minimum absolute atomic E-state index is 0.0237. The molecule has 1 aromatic carbocycles. The zero-order valence-electron chi connectivity index (χ0n) is 15.5. The molecule has 29 heavy (non-hydrogen) atoms. The Morgan fingerprint density at radius 3 is 2.62 bits per heavy atom. The lowest BCUT2D eigenvalue weighted by Gasteiger charge is -2.27. The van der Waals surface area contributed by atoms with Crippen LogP contribution in [0.2, 0.25) is 0 Å². The highest BCUT2D eigenvalue weighted by atomic mass is 19.4. The van der Waals surface area contributed by atoms with Crippen LogP contribution in [0, 0.1) is 11.3 Å². The van der Waals surface area contributed by atoms with Crippen molar-refractivity contribution in [1.29, 1.82) is 5.26 Å². The quantitative estimate of drug-likeness (QED) is 0.673. The lowest BCUT2D eigenvalue weighted by atomic mass is 9.92. The van der Waals surface area contributed by atoms with E-state index in [1.165, 1.54) is 24.4 Å². The molecule has 2 aromatic rings. The van der Waals surface area contributed by atoms with E-state index in [2.05, 4.69) is 25.3 Å². The van der Waals surface area contributed by atoms with E-state index in [0.717, 1.165) is 25.7 Å². The first-order valence-corrected chi connectivity index (χ1v) is 9.21. The summed E-state index contributed by atoms with van der Waals surface area (Å²) < 4.78 is 41.7. The Labute approximate surface area is 166 Å². The van der Waals surface area contributed by atoms with Crippen LogP contribution >= 0.6 is 0 Å². The average Bonchev–Trinajstić information content (AvgIpc) is 2.68. The van der Waals surface area contributed by atoms with Gasteiger partial charge in [-0.2, -0.15) is 10.2 Å². The van der Waals surface area contributed by atoms with Gasteiger partial charge >= 0.3 is 6.36 Å². The number of nitriles is 1. The molecular weight excluding hydrogens is 385 g/mol. The second-order valence-corrected chi connectivity index (χ2v) is 6.83. The molecule has 0 amide bonds. The van der Waals surface area contributed by atoms with Gasteiger partial charge in [0.05, 0.1) is 6.20 Å². The summed E-state index contributed by atoms with van der Waals surface area (Å²) in [5.74, 6) is 0.296. The number of ether oxygens (including phenoxy) is 1. The first-order chi connectivity index (χ1) is 13.8. The second-order valence-electron chi connectivity index (χ2n) is 6.83. The molecule has 1 aromatic heterocycles. The van der Waals surface area contributed by atoms with Crippen molar-refractivity contribution in [3.05, 3.63) is 41.6 Å². The summed E-state index contributed by atoms with van der Waals surface area (Å²) in [4.78, 5) is 8.39. The molecular formula is C19H21F3N6O. The molecule has 0 spiro atoms. The third-order valence-electron chi connectivity index (χ3n) is 4.66. The summed E-state index contributed by atoms with van der Waals surface area (Å²) in [5.41, 5.74) is 6.52. The second kappa shape index (κ2) is 8.96. The molecule has 154 valence electrons. The molecule has 0 saturated heterocycles. The van der Waals surface area contributed by atoms with Crippen molar-refractivity contribution in [2.45, 2.75) is 50.7 Å². The predicted molar refractivity (Wildman–Crippen MR) is 101 cm³/mol. The van der Waals surface area contributed by atoms with E-state index >= 15 is 0 Å². The van der Waals surface area contributed by atoms with Crippen LogP contribution in [-0.2, 0) is 6.54 Å². The lowest BCUT2D eigenvalue weighted by molar-refractivity contribution is -0.274. The van der Waals surface area contributed by atoms with E-state index < -0.39 is 6.36 Å². The molecule has 1 aliphatic carbocycles. The van der Waals surface area contributed by atoms with Crippen LogP contribution in [0.5, 0.6) is 5.75 Å². The maximum atomic E-state index is 12.6. The molecule has 10 heteroatoms. The number of halogens is 3. The minimum Gasteiger partial charge on any atom is -0.405 e. The predicted octanol–water partition coefficient (Wildman–Crippen LogP) is 3.54. The summed E-state index contributed by atoms with van der Waals surface area (Å²) >= 11 is 0. The van der Waals surface area contributed by atoms with Gasteiger partial charge in [-0.15, -0.1) is 13.2 Å². The van der Waals surface area contributed by atoms with Gasteiger partial charge in [-0.1, -0.05) is 18.2 Å². The molecule has 1 fully saturated rings. The molecule has 1 aliphatic rings. The highest BCUT2D eigenvalue weighted by molar-refractivity contribution is 5.54. The molecule has 0 radical (unpaired) electrons. The molecule has 0 aliphatic heterocycles. The Morgan fingerprint density at radius 1 is 1.21 bits per heavy atom. The molecule has 0 atom stereocenters. The third-order valence-corrected chi connectivity index (χ3v) is 4.66. The molecule has 0 unspecified atom stereocenters. The van der Waals surface area contributed by atoms with Gasteiger partial charge in [0.15, 0.2) is 0 Å². The number of hydrogen-bond acceptors (Lipinski definition) is 7. The van der Waals surface area contributed by atoms with Crippen LogP contribution in [0.25, 0.3) is 0 Å². The largest absolute Gasteiger partial charge is 0.573 e. The van der Waals surface area contributed by atoms with Crippen molar-refractivity contribution in [2.75, 3.05) is 10.6 Å². The van der Waals surface area contributed by atoms with E-state index in [-0.39, 0.29) is 30.3 Å². The first kappa shape index (κ1) is 20.7. The molecule has 7 nitrogen and oxygen atoms in total. The molecule has 0 bridgehead atoms. The zero-order chi connectivity index (χ0) is 20.9. The van der Waals surface area contributed by atoms with Gasteiger partial charge in [0, 0.05) is 24.2 Å². The molecule has 1 heterocycles. The summed E-state index contributed by atoms with van der Waals surface area (Å²) in [7, 11) is 0. The number of benzene rings is 1. The summed E-state index contributed by atoms with van der Waals surface area (Å²) in [6, 6.07) is 8.23. The third kappa shape index (κ3) is 5.96. The fraction of sp³-hybridized carbons (Fsp3) is 0.421. The first-order valence-electron chi connectivity index (χ1n) is 9.21. The van der Waals surface area contributed by atoms with Crippen LogP contribution < -0.4 is 21.1 Å². The van der Waals surface area contributed by atoms with E-state index in [1.54, 1.807) is 6.07 Å². The Hall–Kier alpha value is -3.06. The average molecular weight is 406 g/mol. The number of rotatable bonds is 6. The number of anilines is 2. The van der Waals surface area contributed by atoms with Crippen LogP contribution in [0.4, 0.5) is 24.9 Å². The number of nitrogens with zero attached hydrogens (tertiary/aromatic N) is 3. The van der Waals surface area contributed by atoms with Gasteiger partial charge in [0.1, 0.15) is 23.2 Å². The van der Waals surface area contributed by atoms with E-state index in [0.29, 0.717) is 16.9 Å². The van der Waals surface area contributed by atoms with Crippen LogP contribution in [-0.4, -0.2) is 28.4 Å². The number of nitrogens with two attached hydrogens (primary N) is 1. The smallest absolute Gasteiger partial charge is 0.405 e. The SMILES string of the molecule is N#Cc1cnc(NCc2ccccc2OC(F)(F)F)nc1N[C@H]1CC[C@H](N)CC1. The fourth-order valence-corrected chi connectivity index (χ4v) is 3.16. The normalized spacial score (nSPS) is 19.3. The van der Waals surface area contributed by atoms with Crippen molar-refractivity contribution in [3.63, 3.8) is 0 Å². The highest BCUT2D eigenvalue weighted by Gasteiger charge is 2.32. The van der Waals surface area contributed by atoms with Gasteiger partial charge in [0.2, 0.25) is 5.95 Å². The highest BCUT2D eigenvalue weighted by Crippen LogP contribution is 2.27. The molecule has 4 N–H and O–H groups in total. The van der Waals surface area contributed by atoms with Crippen molar-refractivity contribution in [2.24, 2.45) is 5.73 Å². The lowest BCUT2D eigenvalue weighted by Crippen LogP contribution is -2.33. The van der Waals surface area contributed by atoms with Gasteiger partial charge in [0.25, 0.3) is 0 Å². The van der Waals surface area contributed by atoms with Crippen molar-refractivity contribution in [3.8, 4) is 11.8 Å². The molecule has 1 saturated carbocycles. The Balaban J connectivity index is 1.70. The van der Waals surface area contributed by atoms with Gasteiger partial charge in [-0.3, -0.25) is 0 Å². The standard InChI is InChI=1S/C19H21F3N6O/c20-19(21,22)29-16-4-2-1-3-12(16)10-25-18-26-11-13(9-23)17(28-18)27-15-7-5-14(24)6-8-15/h1-4,11,14-15H,5-8,10,24H2,(H2,25,26,27,28)/t14-,15-. The van der Waals surface area contributed by atoms with Crippen molar-refractivity contribution in [1.82, 2.24) is 9.97 Å². The van der Waals surface area contributed by atoms with Crippen LogP contribution in [0.15, 0.2) is 30.5 Å². The number of aromatic nitrogens is 2. The van der Waals surface area contributed by atoms with Gasteiger partial charge in [-0.25, -0.2) is 4.98 Å². The van der Waals surface area contributed by atoms with E-state index in [4.69, 9.17) is 5.73 Å². The maximum Gasteiger partial charge on any atom is 0.573 e. The van der Waals surface area contributed by atoms with E-state index in [9.17, 15) is 18.4 Å². The number of nitrogens with one attached hydrogen (secondary N) is 2. The van der Waals surface area contributed by atoms with Gasteiger partial charge in [-0.05, 0) is 31.7 Å². The zero-order valence-corrected chi connectivity index (χ0v) is 15.5. The topological polar surface area (TPSA) is 109 Å². The maximum absolute atomic E-state index is 12.6. The van der Waals surface area contributed by atoms with Crippen molar-refractivity contribution < 1.29 is 17.9 Å². The minimum atomic E-state index is -4.78. The Bertz CT molecular complexity index is 875. The monoisotopic (exact) mass is 406 g/mol. The van der Waals surface area contributed by atoms with Crippen LogP contribution in [0.1, 0.15) is 36.8 Å². The number of hydrogen-bond donors (Lipinski definition) is 3. The number of para-hydroxylation sites is 1. The Kier molecular flexibility index (Phi) is 6.39. The Morgan fingerprint density at radius 2 is 1.93 bits per heavy atom. The summed E-state index contributed by atoms with van der Waals surface area (Å²) in [6.07, 6.45) is 0.143. The van der Waals surface area contributed by atoms with Crippen molar-refractivity contribution >= 4 is 11.8 Å². The van der Waals surface area contributed by atoms with Crippen LogP contribution in [0.3, 0.4) is 0 Å². The van der Waals surface area contributed by atoms with Gasteiger partial charge < -0.3 is 21.1 Å².